The van der Waals surface area contributed by atoms with Crippen LogP contribution in [0.25, 0.3) is 0 Å². The van der Waals surface area contributed by atoms with Crippen LogP contribution in [0.15, 0.2) is 0 Å². The Morgan fingerprint density at radius 2 is 1.55 bits per heavy atom. The van der Waals surface area contributed by atoms with Crippen molar-refractivity contribution in [2.24, 2.45) is 0 Å². The van der Waals surface area contributed by atoms with E-state index in [1.165, 1.54) is 25.7 Å². The van der Waals surface area contributed by atoms with Gasteiger partial charge >= 0.3 is 8.60 Å². The molecule has 1 atom stereocenters. The van der Waals surface area contributed by atoms with Crippen LogP contribution in [0.5, 0.6) is 0 Å². The molecule has 0 rings (SSSR count). The Balaban J connectivity index is 3.11. The molecule has 122 valence electrons. The second kappa shape index (κ2) is 17.3. The average molecular weight is 309 g/mol. The van der Waals surface area contributed by atoms with E-state index in [4.69, 9.17) is 14.2 Å². The summed E-state index contributed by atoms with van der Waals surface area (Å²) in [4.78, 5) is 9.49. The number of unbranched alkanes of at least 4 members (excludes halogenated alkanes) is 6. The van der Waals surface area contributed by atoms with Gasteiger partial charge in [0.15, 0.2) is 0 Å². The van der Waals surface area contributed by atoms with Gasteiger partial charge in [0.1, 0.15) is 0 Å². The highest BCUT2D eigenvalue weighted by atomic mass is 31.2. The molecule has 0 aromatic rings. The molecule has 0 aliphatic rings. The molecule has 0 aliphatic heterocycles. The lowest BCUT2D eigenvalue weighted by Crippen LogP contribution is -2.20. The quantitative estimate of drug-likeness (QED) is 0.302. The van der Waals surface area contributed by atoms with Crippen LogP contribution in [0, 0.1) is 0 Å². The van der Waals surface area contributed by atoms with E-state index in [0.717, 1.165) is 32.2 Å². The summed E-state index contributed by atoms with van der Waals surface area (Å²) >= 11 is 0. The fourth-order valence-corrected chi connectivity index (χ4v) is 2.35. The van der Waals surface area contributed by atoms with Crippen LogP contribution < -0.4 is 5.32 Å². The molecule has 0 saturated carbocycles. The Labute approximate surface area is 125 Å². The van der Waals surface area contributed by atoms with Crippen LogP contribution >= 0.6 is 8.60 Å². The van der Waals surface area contributed by atoms with Crippen molar-refractivity contribution >= 4 is 8.60 Å². The first-order valence-electron chi connectivity index (χ1n) is 7.87. The molecule has 0 bridgehead atoms. The third kappa shape index (κ3) is 16.3. The minimum Gasteiger partial charge on any atom is -0.396 e. The summed E-state index contributed by atoms with van der Waals surface area (Å²) in [6.07, 6.45) is 9.05. The number of aliphatic hydroxyl groups is 1. The van der Waals surface area contributed by atoms with Crippen molar-refractivity contribution in [1.82, 2.24) is 5.32 Å². The second-order valence-electron chi connectivity index (χ2n) is 4.85. The molecule has 0 saturated heterocycles. The Kier molecular flexibility index (Phi) is 17.5. The smallest absolute Gasteiger partial charge is 0.329 e. The van der Waals surface area contributed by atoms with Gasteiger partial charge in [-0.15, -0.1) is 0 Å². The van der Waals surface area contributed by atoms with E-state index >= 15 is 0 Å². The zero-order chi connectivity index (χ0) is 14.9. The van der Waals surface area contributed by atoms with Crippen molar-refractivity contribution in [1.29, 1.82) is 0 Å². The van der Waals surface area contributed by atoms with Gasteiger partial charge in [0, 0.05) is 13.2 Å². The van der Waals surface area contributed by atoms with Gasteiger partial charge in [-0.1, -0.05) is 39.0 Å². The van der Waals surface area contributed by atoms with Crippen molar-refractivity contribution in [3.63, 3.8) is 0 Å². The lowest BCUT2D eigenvalue weighted by atomic mass is 10.1. The van der Waals surface area contributed by atoms with Crippen LogP contribution in [-0.2, 0) is 9.05 Å². The SMILES string of the molecule is CCCCCCCCOP(O)OCCNCCCCO. The van der Waals surface area contributed by atoms with Gasteiger partial charge < -0.3 is 24.4 Å². The zero-order valence-corrected chi connectivity index (χ0v) is 13.7. The minimum absolute atomic E-state index is 0.242. The van der Waals surface area contributed by atoms with Crippen LogP contribution in [0.1, 0.15) is 58.3 Å². The van der Waals surface area contributed by atoms with E-state index < -0.39 is 8.60 Å². The third-order valence-corrected chi connectivity index (χ3v) is 3.75. The fourth-order valence-electron chi connectivity index (χ4n) is 1.75. The number of rotatable bonds is 16. The second-order valence-corrected chi connectivity index (χ2v) is 5.84. The molecular formula is C14H32NO4P. The molecule has 0 fully saturated rings. The molecular weight excluding hydrogens is 277 g/mol. The summed E-state index contributed by atoms with van der Waals surface area (Å²) in [5.41, 5.74) is 0. The average Bonchev–Trinajstić information content (AvgIpc) is 2.45. The summed E-state index contributed by atoms with van der Waals surface area (Å²) < 4.78 is 10.4. The molecule has 0 aliphatic carbocycles. The van der Waals surface area contributed by atoms with Gasteiger partial charge in [-0.3, -0.25) is 0 Å². The molecule has 0 spiro atoms. The monoisotopic (exact) mass is 309 g/mol. The van der Waals surface area contributed by atoms with Crippen molar-refractivity contribution in [3.8, 4) is 0 Å². The number of hydrogen-bond acceptors (Lipinski definition) is 5. The maximum atomic E-state index is 9.49. The molecule has 1 unspecified atom stereocenters. The maximum absolute atomic E-state index is 9.49. The van der Waals surface area contributed by atoms with Gasteiger partial charge in [0.25, 0.3) is 0 Å². The molecule has 0 heterocycles. The molecule has 20 heavy (non-hydrogen) atoms. The normalized spacial score (nSPS) is 12.8. The van der Waals surface area contributed by atoms with E-state index in [1.807, 2.05) is 0 Å². The fraction of sp³-hybridized carbons (Fsp3) is 1.00. The Morgan fingerprint density at radius 3 is 2.30 bits per heavy atom. The highest BCUT2D eigenvalue weighted by molar-refractivity contribution is 7.40. The minimum atomic E-state index is -1.72. The molecule has 0 amide bonds. The Hall–Kier alpha value is 0.230. The van der Waals surface area contributed by atoms with Crippen molar-refractivity contribution in [3.05, 3.63) is 0 Å². The highest BCUT2D eigenvalue weighted by Gasteiger charge is 2.05. The number of aliphatic hydroxyl groups excluding tert-OH is 1. The van der Waals surface area contributed by atoms with E-state index in [-0.39, 0.29) is 6.61 Å². The molecule has 0 aromatic heterocycles. The number of hydrogen-bond donors (Lipinski definition) is 3. The third-order valence-electron chi connectivity index (χ3n) is 2.94. The van der Waals surface area contributed by atoms with Gasteiger partial charge in [-0.2, -0.15) is 0 Å². The van der Waals surface area contributed by atoms with E-state index in [9.17, 15) is 4.89 Å². The van der Waals surface area contributed by atoms with Crippen LogP contribution in [0.4, 0.5) is 0 Å². The van der Waals surface area contributed by atoms with E-state index in [1.54, 1.807) is 0 Å². The molecule has 0 aromatic carbocycles. The predicted molar refractivity (Wildman–Crippen MR) is 83.6 cm³/mol. The van der Waals surface area contributed by atoms with Crippen molar-refractivity contribution in [2.45, 2.75) is 58.3 Å². The number of nitrogens with one attached hydrogen (secondary N) is 1. The summed E-state index contributed by atoms with van der Waals surface area (Å²) in [6, 6.07) is 0. The largest absolute Gasteiger partial charge is 0.396 e. The summed E-state index contributed by atoms with van der Waals surface area (Å²) in [7, 11) is -1.72. The first-order chi connectivity index (χ1) is 9.81. The van der Waals surface area contributed by atoms with E-state index in [0.29, 0.717) is 19.8 Å². The van der Waals surface area contributed by atoms with Gasteiger partial charge in [0.05, 0.1) is 13.2 Å². The highest BCUT2D eigenvalue weighted by Crippen LogP contribution is 2.32. The molecule has 3 N–H and O–H groups in total. The zero-order valence-electron chi connectivity index (χ0n) is 12.9. The van der Waals surface area contributed by atoms with Crippen molar-refractivity contribution < 1.29 is 19.0 Å². The van der Waals surface area contributed by atoms with Crippen LogP contribution in [0.3, 0.4) is 0 Å². The van der Waals surface area contributed by atoms with Gasteiger partial charge in [-0.05, 0) is 25.8 Å². The predicted octanol–water partition coefficient (Wildman–Crippen LogP) is 2.96. The maximum Gasteiger partial charge on any atom is 0.329 e. The van der Waals surface area contributed by atoms with Gasteiger partial charge in [0.2, 0.25) is 0 Å². The lowest BCUT2D eigenvalue weighted by molar-refractivity contribution is 0.197. The summed E-state index contributed by atoms with van der Waals surface area (Å²) in [5, 5.41) is 11.8. The van der Waals surface area contributed by atoms with Crippen LogP contribution in [-0.4, -0.2) is 42.9 Å². The van der Waals surface area contributed by atoms with Gasteiger partial charge in [-0.25, -0.2) is 0 Å². The summed E-state index contributed by atoms with van der Waals surface area (Å²) in [5.74, 6) is 0. The molecule has 5 nitrogen and oxygen atoms in total. The topological polar surface area (TPSA) is 71.0 Å². The van der Waals surface area contributed by atoms with Crippen LogP contribution in [0.2, 0.25) is 0 Å². The molecule has 0 radical (unpaired) electrons. The Morgan fingerprint density at radius 1 is 0.850 bits per heavy atom. The van der Waals surface area contributed by atoms with E-state index in [2.05, 4.69) is 12.2 Å². The first kappa shape index (κ1) is 20.2. The Bertz CT molecular complexity index is 169. The summed E-state index contributed by atoms with van der Waals surface area (Å²) in [6.45, 7) is 5.06. The first-order valence-corrected chi connectivity index (χ1v) is 9.00. The lowest BCUT2D eigenvalue weighted by Gasteiger charge is -2.11. The molecule has 6 heteroatoms. The standard InChI is InChI=1S/C14H32NO4P/c1-2-3-4-5-6-9-13-18-20(17)19-14-11-15-10-7-8-12-16/h15-17H,2-14H2,1H3. The van der Waals surface area contributed by atoms with Crippen molar-refractivity contribution in [2.75, 3.05) is 32.9 Å².